The van der Waals surface area contributed by atoms with E-state index in [1.54, 1.807) is 0 Å². The molecule has 3 nitrogen and oxygen atoms in total. The SMILES string of the molecule is O=C(c1ccc(Br)cc1S)N(CCO)CC(F)(F)F. The second-order valence-electron chi connectivity index (χ2n) is 3.73. The van der Waals surface area contributed by atoms with Crippen molar-refractivity contribution in [1.82, 2.24) is 4.90 Å². The molecule has 19 heavy (non-hydrogen) atoms. The lowest BCUT2D eigenvalue weighted by Crippen LogP contribution is -2.40. The lowest BCUT2D eigenvalue weighted by Gasteiger charge is -2.23. The molecule has 0 atom stereocenters. The fraction of sp³-hybridized carbons (Fsp3) is 0.364. The van der Waals surface area contributed by atoms with Gasteiger partial charge in [-0.05, 0) is 18.2 Å². The maximum absolute atomic E-state index is 12.4. The van der Waals surface area contributed by atoms with Crippen LogP contribution in [0, 0.1) is 0 Å². The van der Waals surface area contributed by atoms with Crippen LogP contribution in [0.1, 0.15) is 10.4 Å². The van der Waals surface area contributed by atoms with Gasteiger partial charge in [-0.1, -0.05) is 15.9 Å². The van der Waals surface area contributed by atoms with Crippen molar-refractivity contribution < 1.29 is 23.1 Å². The van der Waals surface area contributed by atoms with Gasteiger partial charge in [0, 0.05) is 15.9 Å². The van der Waals surface area contributed by atoms with E-state index >= 15 is 0 Å². The quantitative estimate of drug-likeness (QED) is 0.813. The monoisotopic (exact) mass is 357 g/mol. The van der Waals surface area contributed by atoms with Crippen molar-refractivity contribution in [1.29, 1.82) is 0 Å². The molecule has 0 radical (unpaired) electrons. The van der Waals surface area contributed by atoms with Crippen LogP contribution in [0.25, 0.3) is 0 Å². The minimum absolute atomic E-state index is 0.0595. The fourth-order valence-electron chi connectivity index (χ4n) is 1.45. The predicted molar refractivity (Wildman–Crippen MR) is 70.4 cm³/mol. The third-order valence-electron chi connectivity index (χ3n) is 2.22. The van der Waals surface area contributed by atoms with Gasteiger partial charge in [-0.15, -0.1) is 12.6 Å². The Balaban J connectivity index is 2.99. The van der Waals surface area contributed by atoms with Crippen molar-refractivity contribution in [2.24, 2.45) is 0 Å². The Morgan fingerprint density at radius 2 is 2.05 bits per heavy atom. The summed E-state index contributed by atoms with van der Waals surface area (Å²) in [6.07, 6.45) is -4.52. The van der Waals surface area contributed by atoms with E-state index in [0.29, 0.717) is 9.37 Å². The Labute approximate surface area is 121 Å². The van der Waals surface area contributed by atoms with E-state index < -0.39 is 25.2 Å². The number of thiol groups is 1. The Morgan fingerprint density at radius 1 is 1.42 bits per heavy atom. The summed E-state index contributed by atoms with van der Waals surface area (Å²) >= 11 is 7.23. The molecule has 0 fully saturated rings. The van der Waals surface area contributed by atoms with Gasteiger partial charge >= 0.3 is 6.18 Å². The summed E-state index contributed by atoms with van der Waals surface area (Å²) < 4.78 is 37.8. The summed E-state index contributed by atoms with van der Waals surface area (Å²) in [5.41, 5.74) is 0.0595. The first-order chi connectivity index (χ1) is 8.74. The summed E-state index contributed by atoms with van der Waals surface area (Å²) in [6.45, 7) is -2.34. The Bertz CT molecular complexity index is 468. The highest BCUT2D eigenvalue weighted by molar-refractivity contribution is 9.10. The van der Waals surface area contributed by atoms with Crippen molar-refractivity contribution >= 4 is 34.5 Å². The molecule has 1 aromatic rings. The van der Waals surface area contributed by atoms with Crippen LogP contribution >= 0.6 is 28.6 Å². The highest BCUT2D eigenvalue weighted by atomic mass is 79.9. The van der Waals surface area contributed by atoms with Crippen molar-refractivity contribution in [2.75, 3.05) is 19.7 Å². The molecule has 0 saturated carbocycles. The first kappa shape index (κ1) is 16.3. The third kappa shape index (κ3) is 5.04. The minimum Gasteiger partial charge on any atom is -0.395 e. The molecular formula is C11H11BrF3NO2S. The zero-order valence-electron chi connectivity index (χ0n) is 9.62. The Morgan fingerprint density at radius 3 is 2.53 bits per heavy atom. The number of alkyl halides is 3. The summed E-state index contributed by atoms with van der Waals surface area (Å²) in [4.78, 5) is 12.8. The zero-order valence-corrected chi connectivity index (χ0v) is 12.1. The standard InChI is InChI=1S/C11H11BrF3NO2S/c12-7-1-2-8(9(19)5-7)10(18)16(3-4-17)6-11(13,14)15/h1-2,5,17,19H,3-4,6H2. The Hall–Kier alpha value is -0.730. The van der Waals surface area contributed by atoms with E-state index in [1.165, 1.54) is 18.2 Å². The normalized spacial score (nSPS) is 11.5. The molecule has 0 saturated heterocycles. The van der Waals surface area contributed by atoms with Crippen LogP contribution in [-0.2, 0) is 0 Å². The number of nitrogens with zero attached hydrogens (tertiary/aromatic N) is 1. The molecule has 0 aliphatic carbocycles. The average Bonchev–Trinajstić information content (AvgIpc) is 2.26. The number of rotatable bonds is 4. The van der Waals surface area contributed by atoms with Crippen molar-refractivity contribution in [3.05, 3.63) is 28.2 Å². The van der Waals surface area contributed by atoms with Crippen LogP contribution in [0.3, 0.4) is 0 Å². The number of benzene rings is 1. The molecule has 0 bridgehead atoms. The molecule has 1 amide bonds. The fourth-order valence-corrected chi connectivity index (χ4v) is 2.29. The van der Waals surface area contributed by atoms with Crippen LogP contribution in [0.15, 0.2) is 27.6 Å². The van der Waals surface area contributed by atoms with Crippen LogP contribution in [-0.4, -0.2) is 41.8 Å². The first-order valence-corrected chi connectivity index (χ1v) is 6.44. The van der Waals surface area contributed by atoms with Gasteiger partial charge in [0.2, 0.25) is 0 Å². The number of halogens is 4. The molecule has 0 spiro atoms. The smallest absolute Gasteiger partial charge is 0.395 e. The van der Waals surface area contributed by atoms with E-state index in [9.17, 15) is 18.0 Å². The summed E-state index contributed by atoms with van der Waals surface area (Å²) in [5, 5.41) is 8.75. The van der Waals surface area contributed by atoms with Gasteiger partial charge in [-0.3, -0.25) is 4.79 Å². The number of carbonyl (C=O) groups excluding carboxylic acids is 1. The largest absolute Gasteiger partial charge is 0.406 e. The molecule has 0 heterocycles. The van der Waals surface area contributed by atoms with Crippen LogP contribution < -0.4 is 0 Å². The highest BCUT2D eigenvalue weighted by Gasteiger charge is 2.33. The van der Waals surface area contributed by atoms with Gasteiger partial charge in [0.15, 0.2) is 0 Å². The van der Waals surface area contributed by atoms with E-state index in [-0.39, 0.29) is 17.0 Å². The highest BCUT2D eigenvalue weighted by Crippen LogP contribution is 2.23. The number of hydrogen-bond donors (Lipinski definition) is 2. The Kier molecular flexibility index (Phi) is 5.69. The first-order valence-electron chi connectivity index (χ1n) is 5.20. The number of amides is 1. The molecule has 106 valence electrons. The van der Waals surface area contributed by atoms with Gasteiger partial charge < -0.3 is 10.0 Å². The van der Waals surface area contributed by atoms with Crippen LogP contribution in [0.2, 0.25) is 0 Å². The number of aliphatic hydroxyl groups is 1. The summed E-state index contributed by atoms with van der Waals surface area (Å²) in [6, 6.07) is 4.44. The van der Waals surface area contributed by atoms with E-state index in [4.69, 9.17) is 5.11 Å². The molecule has 0 aliphatic rings. The van der Waals surface area contributed by atoms with Gasteiger partial charge in [-0.25, -0.2) is 0 Å². The average molecular weight is 358 g/mol. The zero-order chi connectivity index (χ0) is 14.6. The molecule has 0 aromatic heterocycles. The van der Waals surface area contributed by atoms with Crippen molar-refractivity contribution in [2.45, 2.75) is 11.1 Å². The molecule has 1 aromatic carbocycles. The topological polar surface area (TPSA) is 40.5 Å². The lowest BCUT2D eigenvalue weighted by atomic mass is 10.2. The lowest BCUT2D eigenvalue weighted by molar-refractivity contribution is -0.141. The van der Waals surface area contributed by atoms with Gasteiger partial charge in [0.25, 0.3) is 5.91 Å². The van der Waals surface area contributed by atoms with Crippen molar-refractivity contribution in [3.63, 3.8) is 0 Å². The van der Waals surface area contributed by atoms with Crippen molar-refractivity contribution in [3.8, 4) is 0 Å². The number of hydrogen-bond acceptors (Lipinski definition) is 3. The van der Waals surface area contributed by atoms with Gasteiger partial charge in [0.1, 0.15) is 6.54 Å². The second-order valence-corrected chi connectivity index (χ2v) is 5.12. The van der Waals surface area contributed by atoms with E-state index in [2.05, 4.69) is 28.6 Å². The van der Waals surface area contributed by atoms with Crippen LogP contribution in [0.4, 0.5) is 13.2 Å². The number of carbonyl (C=O) groups is 1. The molecule has 1 N–H and O–H groups in total. The van der Waals surface area contributed by atoms with Gasteiger partial charge in [0.05, 0.1) is 12.2 Å². The molecule has 8 heteroatoms. The van der Waals surface area contributed by atoms with Crippen LogP contribution in [0.5, 0.6) is 0 Å². The van der Waals surface area contributed by atoms with E-state index in [0.717, 1.165) is 0 Å². The maximum Gasteiger partial charge on any atom is 0.406 e. The molecule has 0 unspecified atom stereocenters. The second kappa shape index (κ2) is 6.62. The minimum atomic E-state index is -4.52. The molecular weight excluding hydrogens is 347 g/mol. The summed E-state index contributed by atoms with van der Waals surface area (Å²) in [7, 11) is 0. The predicted octanol–water partition coefficient (Wildman–Crippen LogP) is 2.73. The van der Waals surface area contributed by atoms with E-state index in [1.807, 2.05) is 0 Å². The molecule has 1 rings (SSSR count). The maximum atomic E-state index is 12.4. The summed E-state index contributed by atoms with van der Waals surface area (Å²) in [5.74, 6) is -0.816. The number of aliphatic hydroxyl groups excluding tert-OH is 1. The molecule has 0 aliphatic heterocycles. The third-order valence-corrected chi connectivity index (χ3v) is 3.08. The van der Waals surface area contributed by atoms with Gasteiger partial charge in [-0.2, -0.15) is 13.2 Å².